The molecule has 1 aromatic carbocycles. The summed E-state index contributed by atoms with van der Waals surface area (Å²) in [5, 5.41) is 4.38. The molecule has 3 heteroatoms. The third kappa shape index (κ3) is 3.21. The van der Waals surface area contributed by atoms with Crippen LogP contribution in [0.25, 0.3) is 0 Å². The lowest BCUT2D eigenvalue weighted by Crippen LogP contribution is -2.42. The van der Waals surface area contributed by atoms with Crippen molar-refractivity contribution in [3.05, 3.63) is 34.9 Å². The van der Waals surface area contributed by atoms with E-state index in [1.165, 1.54) is 5.56 Å². The van der Waals surface area contributed by atoms with Gasteiger partial charge >= 0.3 is 0 Å². The van der Waals surface area contributed by atoms with Crippen molar-refractivity contribution < 1.29 is 4.74 Å². The highest BCUT2D eigenvalue weighted by Crippen LogP contribution is 2.25. The minimum atomic E-state index is 0.139. The number of nitrogens with one attached hydrogen (secondary N) is 1. The van der Waals surface area contributed by atoms with Gasteiger partial charge in [0.05, 0.1) is 6.10 Å². The van der Waals surface area contributed by atoms with Gasteiger partial charge in [0.15, 0.2) is 0 Å². The molecule has 1 N–H and O–H groups in total. The van der Waals surface area contributed by atoms with E-state index in [2.05, 4.69) is 19.2 Å². The van der Waals surface area contributed by atoms with Crippen LogP contribution in [0.5, 0.6) is 0 Å². The molecule has 1 aliphatic heterocycles. The Morgan fingerprint density at radius 1 is 1.41 bits per heavy atom. The molecule has 0 bridgehead atoms. The van der Waals surface area contributed by atoms with Crippen molar-refractivity contribution in [2.75, 3.05) is 13.2 Å². The van der Waals surface area contributed by atoms with Crippen LogP contribution in [0.4, 0.5) is 0 Å². The Morgan fingerprint density at radius 2 is 2.12 bits per heavy atom. The van der Waals surface area contributed by atoms with Gasteiger partial charge in [0, 0.05) is 23.7 Å². The lowest BCUT2D eigenvalue weighted by atomic mass is 9.95. The second-order valence-corrected chi connectivity index (χ2v) is 5.39. The van der Waals surface area contributed by atoms with Crippen LogP contribution in [-0.4, -0.2) is 18.7 Å². The molecule has 0 spiro atoms. The molecule has 2 rings (SSSR count). The minimum absolute atomic E-state index is 0.139. The number of halogens is 1. The molecule has 1 aromatic rings. The molecule has 94 valence electrons. The van der Waals surface area contributed by atoms with Gasteiger partial charge in [-0.1, -0.05) is 30.7 Å². The van der Waals surface area contributed by atoms with Crippen LogP contribution in [0.2, 0.25) is 5.02 Å². The molecule has 1 saturated heterocycles. The summed E-state index contributed by atoms with van der Waals surface area (Å²) >= 11 is 5.89. The third-order valence-electron chi connectivity index (χ3n) is 3.71. The topological polar surface area (TPSA) is 21.3 Å². The predicted molar refractivity (Wildman–Crippen MR) is 71.5 cm³/mol. The molecule has 1 aliphatic rings. The molecule has 17 heavy (non-hydrogen) atoms. The van der Waals surface area contributed by atoms with Crippen molar-refractivity contribution in [1.82, 2.24) is 5.32 Å². The summed E-state index contributed by atoms with van der Waals surface area (Å²) < 4.78 is 5.92. The van der Waals surface area contributed by atoms with Crippen LogP contribution in [0.1, 0.15) is 38.4 Å². The van der Waals surface area contributed by atoms with Crippen LogP contribution in [-0.2, 0) is 4.74 Å². The lowest BCUT2D eigenvalue weighted by molar-refractivity contribution is 0.0653. The van der Waals surface area contributed by atoms with E-state index in [-0.39, 0.29) is 11.6 Å². The first-order valence-electron chi connectivity index (χ1n) is 6.25. The maximum Gasteiger partial charge on any atom is 0.0949 e. The summed E-state index contributed by atoms with van der Waals surface area (Å²) in [5.74, 6) is 0. The molecule has 2 atom stereocenters. The molecule has 0 amide bonds. The fraction of sp³-hybridized carbons (Fsp3) is 0.571. The van der Waals surface area contributed by atoms with E-state index in [1.807, 2.05) is 24.3 Å². The Kier molecular flexibility index (Phi) is 4.08. The van der Waals surface area contributed by atoms with Gasteiger partial charge in [0.1, 0.15) is 0 Å². The van der Waals surface area contributed by atoms with E-state index in [0.717, 1.165) is 31.0 Å². The van der Waals surface area contributed by atoms with Gasteiger partial charge in [-0.05, 0) is 37.5 Å². The Balaban J connectivity index is 2.06. The van der Waals surface area contributed by atoms with Gasteiger partial charge in [0.2, 0.25) is 0 Å². The summed E-state index contributed by atoms with van der Waals surface area (Å²) in [7, 11) is 0. The van der Waals surface area contributed by atoms with Crippen molar-refractivity contribution >= 4 is 11.6 Å². The first-order valence-corrected chi connectivity index (χ1v) is 6.63. The molecule has 0 aliphatic carbocycles. The number of rotatable bonds is 2. The van der Waals surface area contributed by atoms with E-state index in [9.17, 15) is 0 Å². The highest BCUT2D eigenvalue weighted by molar-refractivity contribution is 6.30. The molecule has 0 saturated carbocycles. The van der Waals surface area contributed by atoms with Crippen molar-refractivity contribution in [2.45, 2.75) is 38.3 Å². The molecule has 2 nitrogen and oxygen atoms in total. The van der Waals surface area contributed by atoms with Gasteiger partial charge in [-0.25, -0.2) is 0 Å². The molecule has 1 heterocycles. The SMILES string of the molecule is CCC1(C)CCOC(c2ccc(Cl)cc2)CN1. The zero-order valence-corrected chi connectivity index (χ0v) is 11.3. The van der Waals surface area contributed by atoms with Crippen LogP contribution in [0.15, 0.2) is 24.3 Å². The van der Waals surface area contributed by atoms with Crippen LogP contribution in [0.3, 0.4) is 0 Å². The van der Waals surface area contributed by atoms with Gasteiger partial charge in [-0.15, -0.1) is 0 Å². The van der Waals surface area contributed by atoms with Crippen LogP contribution < -0.4 is 5.32 Å². The Bertz CT molecular complexity index is 365. The minimum Gasteiger partial charge on any atom is -0.372 e. The van der Waals surface area contributed by atoms with E-state index in [0.29, 0.717) is 0 Å². The smallest absolute Gasteiger partial charge is 0.0949 e. The van der Waals surface area contributed by atoms with E-state index >= 15 is 0 Å². The third-order valence-corrected chi connectivity index (χ3v) is 3.96. The second kappa shape index (κ2) is 5.38. The number of benzene rings is 1. The lowest BCUT2D eigenvalue weighted by Gasteiger charge is -2.27. The fourth-order valence-corrected chi connectivity index (χ4v) is 2.23. The highest BCUT2D eigenvalue weighted by Gasteiger charge is 2.27. The number of hydrogen-bond acceptors (Lipinski definition) is 2. The van der Waals surface area contributed by atoms with Gasteiger partial charge < -0.3 is 10.1 Å². The average Bonchev–Trinajstić information content (AvgIpc) is 2.53. The van der Waals surface area contributed by atoms with E-state index in [4.69, 9.17) is 16.3 Å². The standard InChI is InChI=1S/C14H20ClNO/c1-3-14(2)8-9-17-13(10-16-14)11-4-6-12(15)7-5-11/h4-7,13,16H,3,8-10H2,1-2H3. The molecule has 1 fully saturated rings. The first-order chi connectivity index (χ1) is 8.13. The second-order valence-electron chi connectivity index (χ2n) is 4.96. The first kappa shape index (κ1) is 12.9. The molecular formula is C14H20ClNO. The highest BCUT2D eigenvalue weighted by atomic mass is 35.5. The van der Waals surface area contributed by atoms with Gasteiger partial charge in [-0.2, -0.15) is 0 Å². The molecular weight excluding hydrogens is 234 g/mol. The van der Waals surface area contributed by atoms with Crippen molar-refractivity contribution in [1.29, 1.82) is 0 Å². The molecule has 2 unspecified atom stereocenters. The van der Waals surface area contributed by atoms with Gasteiger partial charge in [-0.3, -0.25) is 0 Å². The Labute approximate surface area is 108 Å². The zero-order chi connectivity index (χ0) is 12.3. The van der Waals surface area contributed by atoms with E-state index in [1.54, 1.807) is 0 Å². The maximum atomic E-state index is 5.92. The van der Waals surface area contributed by atoms with Crippen molar-refractivity contribution in [3.63, 3.8) is 0 Å². The summed E-state index contributed by atoms with van der Waals surface area (Å²) in [6, 6.07) is 7.93. The van der Waals surface area contributed by atoms with Crippen molar-refractivity contribution in [3.8, 4) is 0 Å². The molecule has 0 radical (unpaired) electrons. The van der Waals surface area contributed by atoms with Crippen LogP contribution in [0, 0.1) is 0 Å². The fourth-order valence-electron chi connectivity index (χ4n) is 2.11. The average molecular weight is 254 g/mol. The molecule has 0 aromatic heterocycles. The van der Waals surface area contributed by atoms with Crippen molar-refractivity contribution in [2.24, 2.45) is 0 Å². The normalized spacial score (nSPS) is 29.9. The summed E-state index contributed by atoms with van der Waals surface area (Å²) in [6.07, 6.45) is 2.33. The summed E-state index contributed by atoms with van der Waals surface area (Å²) in [6.45, 7) is 6.16. The Hall–Kier alpha value is -0.570. The number of hydrogen-bond donors (Lipinski definition) is 1. The van der Waals surface area contributed by atoms with Crippen LogP contribution >= 0.6 is 11.6 Å². The summed E-state index contributed by atoms with van der Waals surface area (Å²) in [4.78, 5) is 0. The number of ether oxygens (including phenoxy) is 1. The van der Waals surface area contributed by atoms with E-state index < -0.39 is 0 Å². The monoisotopic (exact) mass is 253 g/mol. The predicted octanol–water partition coefficient (Wildman–Crippen LogP) is 3.56. The quantitative estimate of drug-likeness (QED) is 0.870. The summed E-state index contributed by atoms with van der Waals surface area (Å²) in [5.41, 5.74) is 1.41. The maximum absolute atomic E-state index is 5.92. The zero-order valence-electron chi connectivity index (χ0n) is 10.5. The Morgan fingerprint density at radius 3 is 2.76 bits per heavy atom. The largest absolute Gasteiger partial charge is 0.372 e. The van der Waals surface area contributed by atoms with Gasteiger partial charge in [0.25, 0.3) is 0 Å².